The van der Waals surface area contributed by atoms with Gasteiger partial charge in [-0.1, -0.05) is 0 Å². The van der Waals surface area contributed by atoms with E-state index in [1.54, 1.807) is 18.5 Å². The molecule has 2 N–H and O–H groups in total. The smallest absolute Gasteiger partial charge is 0.306 e. The van der Waals surface area contributed by atoms with Gasteiger partial charge in [0.05, 0.1) is 11.5 Å². The van der Waals surface area contributed by atoms with Crippen LogP contribution in [0, 0.1) is 5.92 Å². The van der Waals surface area contributed by atoms with Crippen molar-refractivity contribution in [1.82, 2.24) is 9.97 Å². The normalized spacial score (nSPS) is 33.7. The van der Waals surface area contributed by atoms with Gasteiger partial charge in [0, 0.05) is 25.0 Å². The highest BCUT2D eigenvalue weighted by atomic mass is 16.5. The van der Waals surface area contributed by atoms with Gasteiger partial charge >= 0.3 is 5.97 Å². The van der Waals surface area contributed by atoms with Crippen LogP contribution in [0.15, 0.2) is 18.5 Å². The van der Waals surface area contributed by atoms with E-state index < -0.39 is 5.97 Å². The number of carboxylic acid groups (broad SMARTS) is 1. The molecule has 6 nitrogen and oxygen atoms in total. The van der Waals surface area contributed by atoms with Gasteiger partial charge in [-0.3, -0.25) is 4.79 Å². The second-order valence-electron chi connectivity index (χ2n) is 5.38. The molecular formula is C13H17N3O3. The lowest BCUT2D eigenvalue weighted by Crippen LogP contribution is -2.54. The van der Waals surface area contributed by atoms with Crippen LogP contribution < -0.4 is 5.32 Å². The van der Waals surface area contributed by atoms with Crippen LogP contribution in [-0.2, 0) is 9.53 Å². The molecule has 19 heavy (non-hydrogen) atoms. The van der Waals surface area contributed by atoms with E-state index in [2.05, 4.69) is 15.3 Å². The van der Waals surface area contributed by atoms with Crippen LogP contribution in [-0.4, -0.2) is 39.3 Å². The Labute approximate surface area is 111 Å². The van der Waals surface area contributed by atoms with Gasteiger partial charge in [-0.15, -0.1) is 0 Å². The highest BCUT2D eigenvalue weighted by Crippen LogP contribution is 2.46. The summed E-state index contributed by atoms with van der Waals surface area (Å²) in [6, 6.07) is 2.03. The van der Waals surface area contributed by atoms with Crippen LogP contribution in [0.2, 0.25) is 0 Å². The summed E-state index contributed by atoms with van der Waals surface area (Å²) < 4.78 is 5.81. The number of rotatable bonds is 3. The third-order valence-electron chi connectivity index (χ3n) is 3.98. The SMILES string of the molecule is O=C(O)C1CC2(CC(Nc3ncccn3)CCO2)C1. The number of aromatic nitrogens is 2. The topological polar surface area (TPSA) is 84.3 Å². The average molecular weight is 263 g/mol. The van der Waals surface area contributed by atoms with Gasteiger partial charge in [0.15, 0.2) is 0 Å². The molecule has 0 aromatic carbocycles. The first kappa shape index (κ1) is 12.3. The molecule has 1 aliphatic heterocycles. The number of anilines is 1. The Hall–Kier alpha value is -1.69. The van der Waals surface area contributed by atoms with E-state index in [9.17, 15) is 4.79 Å². The van der Waals surface area contributed by atoms with Crippen molar-refractivity contribution in [2.75, 3.05) is 11.9 Å². The Balaban J connectivity index is 1.59. The number of carbonyl (C=O) groups is 1. The zero-order valence-electron chi connectivity index (χ0n) is 10.6. The summed E-state index contributed by atoms with van der Waals surface area (Å²) in [5.41, 5.74) is -0.242. The van der Waals surface area contributed by atoms with Gasteiger partial charge in [0.25, 0.3) is 0 Å². The first-order chi connectivity index (χ1) is 9.17. The van der Waals surface area contributed by atoms with Crippen molar-refractivity contribution in [2.24, 2.45) is 5.92 Å². The molecule has 0 bridgehead atoms. The summed E-state index contributed by atoms with van der Waals surface area (Å²) in [7, 11) is 0. The van der Waals surface area contributed by atoms with Crippen LogP contribution >= 0.6 is 0 Å². The molecule has 3 rings (SSSR count). The summed E-state index contributed by atoms with van der Waals surface area (Å²) in [6.07, 6.45) is 6.38. The maximum Gasteiger partial charge on any atom is 0.306 e. The minimum atomic E-state index is -0.712. The fourth-order valence-electron chi connectivity index (χ4n) is 3.00. The lowest BCUT2D eigenvalue weighted by atomic mass is 9.66. The first-order valence-electron chi connectivity index (χ1n) is 6.57. The number of hydrogen-bond donors (Lipinski definition) is 2. The Morgan fingerprint density at radius 2 is 2.11 bits per heavy atom. The maximum absolute atomic E-state index is 10.9. The predicted octanol–water partition coefficient (Wildman–Crippen LogP) is 1.30. The Morgan fingerprint density at radius 3 is 2.79 bits per heavy atom. The number of nitrogens with one attached hydrogen (secondary N) is 1. The Bertz CT molecular complexity index is 459. The fraction of sp³-hybridized carbons (Fsp3) is 0.615. The van der Waals surface area contributed by atoms with Gasteiger partial charge in [-0.25, -0.2) is 9.97 Å². The van der Waals surface area contributed by atoms with E-state index in [1.807, 2.05) is 0 Å². The minimum Gasteiger partial charge on any atom is -0.481 e. The van der Waals surface area contributed by atoms with Crippen molar-refractivity contribution >= 4 is 11.9 Å². The van der Waals surface area contributed by atoms with E-state index in [1.165, 1.54) is 0 Å². The monoisotopic (exact) mass is 263 g/mol. The molecule has 0 amide bonds. The number of nitrogens with zero attached hydrogens (tertiary/aromatic N) is 2. The number of aliphatic carboxylic acids is 1. The predicted molar refractivity (Wildman–Crippen MR) is 67.7 cm³/mol. The zero-order valence-corrected chi connectivity index (χ0v) is 10.6. The van der Waals surface area contributed by atoms with Crippen molar-refractivity contribution in [1.29, 1.82) is 0 Å². The summed E-state index contributed by atoms with van der Waals surface area (Å²) >= 11 is 0. The van der Waals surface area contributed by atoms with E-state index in [0.717, 1.165) is 12.8 Å². The van der Waals surface area contributed by atoms with E-state index >= 15 is 0 Å². The number of ether oxygens (including phenoxy) is 1. The molecule has 1 unspecified atom stereocenters. The second kappa shape index (κ2) is 4.77. The first-order valence-corrected chi connectivity index (χ1v) is 6.57. The summed E-state index contributed by atoms with van der Waals surface area (Å²) in [4.78, 5) is 19.2. The molecule has 6 heteroatoms. The van der Waals surface area contributed by atoms with Crippen molar-refractivity contribution in [3.8, 4) is 0 Å². The molecular weight excluding hydrogens is 246 g/mol. The lowest BCUT2D eigenvalue weighted by Gasteiger charge is -2.50. The van der Waals surface area contributed by atoms with Gasteiger partial charge in [-0.05, 0) is 31.7 Å². The van der Waals surface area contributed by atoms with Crippen LogP contribution in [0.5, 0.6) is 0 Å². The standard InChI is InChI=1S/C13H17N3O3/c17-11(18)9-6-13(7-9)8-10(2-5-19-13)16-12-14-3-1-4-15-12/h1,3-4,9-10H,2,5-8H2,(H,17,18)(H,14,15,16). The van der Waals surface area contributed by atoms with E-state index in [0.29, 0.717) is 25.4 Å². The van der Waals surface area contributed by atoms with Crippen molar-refractivity contribution in [2.45, 2.75) is 37.3 Å². The molecule has 1 saturated heterocycles. The molecule has 1 aromatic rings. The van der Waals surface area contributed by atoms with Crippen LogP contribution in [0.3, 0.4) is 0 Å². The molecule has 2 aliphatic rings. The molecule has 0 radical (unpaired) electrons. The number of carboxylic acids is 1. The van der Waals surface area contributed by atoms with Crippen LogP contribution in [0.1, 0.15) is 25.7 Å². The summed E-state index contributed by atoms with van der Waals surface area (Å²) in [5.74, 6) is -0.332. The minimum absolute atomic E-state index is 0.242. The van der Waals surface area contributed by atoms with Crippen molar-refractivity contribution < 1.29 is 14.6 Å². The quantitative estimate of drug-likeness (QED) is 0.855. The third-order valence-corrected chi connectivity index (χ3v) is 3.98. The largest absolute Gasteiger partial charge is 0.481 e. The maximum atomic E-state index is 10.9. The summed E-state index contributed by atoms with van der Waals surface area (Å²) in [5, 5.41) is 12.3. The zero-order chi connectivity index (χ0) is 13.3. The lowest BCUT2D eigenvalue weighted by molar-refractivity contribution is -0.179. The van der Waals surface area contributed by atoms with Gasteiger partial charge in [0.2, 0.25) is 5.95 Å². The number of hydrogen-bond acceptors (Lipinski definition) is 5. The van der Waals surface area contributed by atoms with Gasteiger partial charge < -0.3 is 15.2 Å². The van der Waals surface area contributed by atoms with E-state index in [-0.39, 0.29) is 17.6 Å². The molecule has 1 atom stereocenters. The second-order valence-corrected chi connectivity index (χ2v) is 5.38. The molecule has 1 aromatic heterocycles. The van der Waals surface area contributed by atoms with Crippen molar-refractivity contribution in [3.05, 3.63) is 18.5 Å². The molecule has 1 spiro atoms. The molecule has 2 fully saturated rings. The Morgan fingerprint density at radius 1 is 1.37 bits per heavy atom. The Kier molecular flexibility index (Phi) is 3.10. The van der Waals surface area contributed by atoms with Crippen molar-refractivity contribution in [3.63, 3.8) is 0 Å². The fourth-order valence-corrected chi connectivity index (χ4v) is 3.00. The molecule has 1 saturated carbocycles. The third kappa shape index (κ3) is 2.53. The van der Waals surface area contributed by atoms with Crippen LogP contribution in [0.25, 0.3) is 0 Å². The van der Waals surface area contributed by atoms with Crippen LogP contribution in [0.4, 0.5) is 5.95 Å². The average Bonchev–Trinajstić information content (AvgIpc) is 2.37. The highest BCUT2D eigenvalue weighted by molar-refractivity contribution is 5.71. The summed E-state index contributed by atoms with van der Waals surface area (Å²) in [6.45, 7) is 0.664. The van der Waals surface area contributed by atoms with E-state index in [4.69, 9.17) is 9.84 Å². The highest BCUT2D eigenvalue weighted by Gasteiger charge is 2.51. The van der Waals surface area contributed by atoms with Gasteiger partial charge in [0.1, 0.15) is 0 Å². The molecule has 102 valence electrons. The van der Waals surface area contributed by atoms with Gasteiger partial charge in [-0.2, -0.15) is 0 Å². The molecule has 2 heterocycles. The molecule has 1 aliphatic carbocycles.